The number of aliphatic hydroxyl groups excluding tert-OH is 1. The maximum atomic E-state index is 13.3. The molecule has 112 valence electrons. The third-order valence-corrected chi connectivity index (χ3v) is 2.96. The molecule has 0 saturated heterocycles. The van der Waals surface area contributed by atoms with Crippen molar-refractivity contribution in [1.29, 1.82) is 0 Å². The molecule has 1 aromatic carbocycles. The van der Waals surface area contributed by atoms with E-state index in [1.807, 2.05) is 6.92 Å². The molecule has 3 N–H and O–H groups in total. The van der Waals surface area contributed by atoms with E-state index in [9.17, 15) is 18.7 Å². The summed E-state index contributed by atoms with van der Waals surface area (Å²) in [5, 5.41) is 14.4. The van der Waals surface area contributed by atoms with Crippen molar-refractivity contribution >= 4 is 6.03 Å². The Morgan fingerprint density at radius 3 is 2.45 bits per heavy atom. The van der Waals surface area contributed by atoms with Gasteiger partial charge in [-0.25, -0.2) is 13.6 Å². The Balaban J connectivity index is 2.25. The SMILES string of the molecule is CCC(O)CCNC(=O)NCCc1c(F)cccc1F. The van der Waals surface area contributed by atoms with Gasteiger partial charge < -0.3 is 15.7 Å². The van der Waals surface area contributed by atoms with Gasteiger partial charge in [-0.2, -0.15) is 0 Å². The van der Waals surface area contributed by atoms with Gasteiger partial charge in [-0.05, 0) is 31.4 Å². The minimum absolute atomic E-state index is 0.0331. The second kappa shape index (κ2) is 8.47. The number of amides is 2. The van der Waals surface area contributed by atoms with Gasteiger partial charge in [0.2, 0.25) is 0 Å². The maximum Gasteiger partial charge on any atom is 0.314 e. The van der Waals surface area contributed by atoms with Crippen LogP contribution < -0.4 is 10.6 Å². The highest BCUT2D eigenvalue weighted by molar-refractivity contribution is 5.73. The number of hydrogen-bond donors (Lipinski definition) is 3. The molecule has 0 aliphatic heterocycles. The molecule has 6 heteroatoms. The lowest BCUT2D eigenvalue weighted by Crippen LogP contribution is -2.38. The highest BCUT2D eigenvalue weighted by Crippen LogP contribution is 2.11. The molecule has 0 fully saturated rings. The summed E-state index contributed by atoms with van der Waals surface area (Å²) in [4.78, 5) is 11.4. The van der Waals surface area contributed by atoms with E-state index >= 15 is 0 Å². The van der Waals surface area contributed by atoms with Crippen molar-refractivity contribution in [2.45, 2.75) is 32.3 Å². The first kappa shape index (κ1) is 16.4. The van der Waals surface area contributed by atoms with Crippen LogP contribution in [-0.2, 0) is 6.42 Å². The topological polar surface area (TPSA) is 61.4 Å². The van der Waals surface area contributed by atoms with Crippen molar-refractivity contribution in [2.24, 2.45) is 0 Å². The molecule has 1 atom stereocenters. The van der Waals surface area contributed by atoms with Crippen molar-refractivity contribution in [3.63, 3.8) is 0 Å². The molecule has 0 bridgehead atoms. The van der Waals surface area contributed by atoms with E-state index < -0.39 is 23.8 Å². The summed E-state index contributed by atoms with van der Waals surface area (Å²) in [7, 11) is 0. The number of halogens is 2. The Morgan fingerprint density at radius 2 is 1.85 bits per heavy atom. The van der Waals surface area contributed by atoms with Gasteiger partial charge in [0.1, 0.15) is 11.6 Å². The van der Waals surface area contributed by atoms with E-state index in [0.717, 1.165) is 0 Å². The molecule has 0 heterocycles. The lowest BCUT2D eigenvalue weighted by Gasteiger charge is -2.10. The average molecular weight is 286 g/mol. The molecular weight excluding hydrogens is 266 g/mol. The molecule has 0 aliphatic carbocycles. The molecule has 0 saturated carbocycles. The van der Waals surface area contributed by atoms with E-state index in [4.69, 9.17) is 0 Å². The number of nitrogens with one attached hydrogen (secondary N) is 2. The Kier molecular flexibility index (Phi) is 6.93. The Bertz CT molecular complexity index is 421. The third kappa shape index (κ3) is 5.52. The molecule has 1 unspecified atom stereocenters. The predicted octanol–water partition coefficient (Wildman–Crippen LogP) is 1.97. The van der Waals surface area contributed by atoms with Crippen LogP contribution in [0.25, 0.3) is 0 Å². The Morgan fingerprint density at radius 1 is 1.25 bits per heavy atom. The maximum absolute atomic E-state index is 13.3. The first-order valence-corrected chi connectivity index (χ1v) is 6.67. The molecule has 0 spiro atoms. The number of aliphatic hydroxyl groups is 1. The van der Waals surface area contributed by atoms with Gasteiger partial charge in [-0.3, -0.25) is 0 Å². The number of carbonyl (C=O) groups excluding carboxylic acids is 1. The second-order valence-corrected chi connectivity index (χ2v) is 4.48. The predicted molar refractivity (Wildman–Crippen MR) is 72.4 cm³/mol. The molecule has 4 nitrogen and oxygen atoms in total. The van der Waals surface area contributed by atoms with Crippen LogP contribution in [-0.4, -0.2) is 30.3 Å². The zero-order valence-corrected chi connectivity index (χ0v) is 11.5. The van der Waals surface area contributed by atoms with Gasteiger partial charge in [0.25, 0.3) is 0 Å². The van der Waals surface area contributed by atoms with Gasteiger partial charge in [0, 0.05) is 18.7 Å². The molecule has 2 amide bonds. The summed E-state index contributed by atoms with van der Waals surface area (Å²) in [6.45, 7) is 2.35. The molecule has 20 heavy (non-hydrogen) atoms. The van der Waals surface area contributed by atoms with Crippen LogP contribution in [0.2, 0.25) is 0 Å². The number of rotatable bonds is 7. The van der Waals surface area contributed by atoms with Crippen molar-refractivity contribution in [3.05, 3.63) is 35.4 Å². The molecular formula is C14H20F2N2O2. The van der Waals surface area contributed by atoms with Crippen LogP contribution in [0.3, 0.4) is 0 Å². The summed E-state index contributed by atoms with van der Waals surface area (Å²) >= 11 is 0. The average Bonchev–Trinajstić information content (AvgIpc) is 2.42. The standard InChI is InChI=1S/C14H20F2N2O2/c1-2-10(19)6-8-17-14(20)18-9-7-11-12(15)4-3-5-13(11)16/h3-5,10,19H,2,6-9H2,1H3,(H2,17,18,20). The molecule has 0 aliphatic rings. The molecule has 1 aromatic rings. The van der Waals surface area contributed by atoms with Gasteiger partial charge in [0.05, 0.1) is 6.10 Å². The lowest BCUT2D eigenvalue weighted by molar-refractivity contribution is 0.160. The van der Waals surface area contributed by atoms with Gasteiger partial charge in [-0.15, -0.1) is 0 Å². The van der Waals surface area contributed by atoms with Crippen LogP contribution in [0.1, 0.15) is 25.3 Å². The fourth-order valence-corrected chi connectivity index (χ4v) is 1.69. The molecule has 0 radical (unpaired) electrons. The van der Waals surface area contributed by atoms with Crippen molar-refractivity contribution < 1.29 is 18.7 Å². The van der Waals surface area contributed by atoms with Crippen LogP contribution in [0.4, 0.5) is 13.6 Å². The number of benzene rings is 1. The van der Waals surface area contributed by atoms with Crippen LogP contribution in [0, 0.1) is 11.6 Å². The normalized spacial score (nSPS) is 12.0. The fraction of sp³-hybridized carbons (Fsp3) is 0.500. The quantitative estimate of drug-likeness (QED) is 0.717. The summed E-state index contributed by atoms with van der Waals surface area (Å²) in [6, 6.07) is 3.26. The van der Waals surface area contributed by atoms with Crippen molar-refractivity contribution in [2.75, 3.05) is 13.1 Å². The van der Waals surface area contributed by atoms with E-state index in [1.165, 1.54) is 18.2 Å². The zero-order chi connectivity index (χ0) is 15.0. The highest BCUT2D eigenvalue weighted by Gasteiger charge is 2.08. The monoisotopic (exact) mass is 286 g/mol. The minimum Gasteiger partial charge on any atom is -0.393 e. The largest absolute Gasteiger partial charge is 0.393 e. The van der Waals surface area contributed by atoms with Crippen LogP contribution >= 0.6 is 0 Å². The lowest BCUT2D eigenvalue weighted by atomic mass is 10.1. The van der Waals surface area contributed by atoms with E-state index in [-0.39, 0.29) is 18.5 Å². The number of carbonyl (C=O) groups is 1. The second-order valence-electron chi connectivity index (χ2n) is 4.48. The number of urea groups is 1. The first-order chi connectivity index (χ1) is 9.54. The van der Waals surface area contributed by atoms with Crippen molar-refractivity contribution in [3.8, 4) is 0 Å². The van der Waals surface area contributed by atoms with Gasteiger partial charge in [0.15, 0.2) is 0 Å². The number of hydrogen-bond acceptors (Lipinski definition) is 2. The van der Waals surface area contributed by atoms with E-state index in [1.54, 1.807) is 0 Å². The Hall–Kier alpha value is -1.69. The summed E-state index contributed by atoms with van der Waals surface area (Å²) in [5.41, 5.74) is -0.0331. The highest BCUT2D eigenvalue weighted by atomic mass is 19.1. The smallest absolute Gasteiger partial charge is 0.314 e. The zero-order valence-electron chi connectivity index (χ0n) is 11.5. The summed E-state index contributed by atoms with van der Waals surface area (Å²) in [6.07, 6.45) is 0.772. The van der Waals surface area contributed by atoms with Crippen LogP contribution in [0.15, 0.2) is 18.2 Å². The van der Waals surface area contributed by atoms with E-state index in [0.29, 0.717) is 19.4 Å². The molecule has 1 rings (SSSR count). The van der Waals surface area contributed by atoms with Crippen molar-refractivity contribution in [1.82, 2.24) is 10.6 Å². The van der Waals surface area contributed by atoms with Gasteiger partial charge in [-0.1, -0.05) is 13.0 Å². The van der Waals surface area contributed by atoms with Gasteiger partial charge >= 0.3 is 6.03 Å². The fourth-order valence-electron chi connectivity index (χ4n) is 1.69. The Labute approximate surface area is 117 Å². The van der Waals surface area contributed by atoms with E-state index in [2.05, 4.69) is 10.6 Å². The first-order valence-electron chi connectivity index (χ1n) is 6.67. The summed E-state index contributed by atoms with van der Waals surface area (Å²) < 4.78 is 26.6. The minimum atomic E-state index is -0.613. The summed E-state index contributed by atoms with van der Waals surface area (Å²) in [5.74, 6) is -1.23. The van der Waals surface area contributed by atoms with Crippen LogP contribution in [0.5, 0.6) is 0 Å². The third-order valence-electron chi connectivity index (χ3n) is 2.96. The molecule has 0 aromatic heterocycles.